The fourth-order valence-corrected chi connectivity index (χ4v) is 4.00. The zero-order valence-corrected chi connectivity index (χ0v) is 16.7. The van der Waals surface area contributed by atoms with Crippen molar-refractivity contribution in [1.29, 1.82) is 0 Å². The normalized spacial score (nSPS) is 11.5. The number of thioether (sulfide) groups is 1. The molecule has 2 heterocycles. The molecule has 0 saturated heterocycles. The molecule has 0 N–H and O–H groups in total. The smallest absolute Gasteiger partial charge is 0.233 e. The Morgan fingerprint density at radius 1 is 1.25 bits per heavy atom. The lowest BCUT2D eigenvalue weighted by atomic mass is 10.1. The van der Waals surface area contributed by atoms with Crippen LogP contribution in [0.1, 0.15) is 27.7 Å². The third-order valence-electron chi connectivity index (χ3n) is 3.42. The summed E-state index contributed by atoms with van der Waals surface area (Å²) in [4.78, 5) is 15.6. The molecule has 0 aliphatic carbocycles. The highest BCUT2D eigenvalue weighted by Crippen LogP contribution is 2.26. The predicted molar refractivity (Wildman–Crippen MR) is 101 cm³/mol. The van der Waals surface area contributed by atoms with Crippen molar-refractivity contribution < 1.29 is 4.79 Å². The van der Waals surface area contributed by atoms with Crippen LogP contribution in [0.2, 0.25) is 0 Å². The Balaban J connectivity index is 2.00. The molecule has 0 atom stereocenters. The number of aromatic nitrogens is 3. The van der Waals surface area contributed by atoms with E-state index in [1.54, 1.807) is 11.3 Å². The van der Waals surface area contributed by atoms with Gasteiger partial charge >= 0.3 is 0 Å². The Hall–Kier alpha value is -1.34. The number of carbonyl (C=O) groups excluding carboxylic acids is 1. The Morgan fingerprint density at radius 2 is 1.92 bits per heavy atom. The fourth-order valence-electron chi connectivity index (χ4n) is 2.44. The molecule has 0 saturated carbocycles. The van der Waals surface area contributed by atoms with Gasteiger partial charge in [0.15, 0.2) is 11.0 Å². The summed E-state index contributed by atoms with van der Waals surface area (Å²) >= 11 is 3.10. The van der Waals surface area contributed by atoms with E-state index in [4.69, 9.17) is 0 Å². The van der Waals surface area contributed by atoms with Crippen LogP contribution < -0.4 is 0 Å². The van der Waals surface area contributed by atoms with Gasteiger partial charge in [-0.1, -0.05) is 45.5 Å². The fraction of sp³-hybridized carbons (Fsp3) is 0.588. The van der Waals surface area contributed by atoms with Crippen molar-refractivity contribution in [3.63, 3.8) is 0 Å². The summed E-state index contributed by atoms with van der Waals surface area (Å²) in [5.74, 6) is 2.36. The molecule has 7 heteroatoms. The molecule has 0 bridgehead atoms. The highest BCUT2D eigenvalue weighted by Gasteiger charge is 2.18. The van der Waals surface area contributed by atoms with E-state index in [2.05, 4.69) is 37.9 Å². The van der Waals surface area contributed by atoms with Crippen LogP contribution in [0.15, 0.2) is 22.7 Å². The maximum atomic E-state index is 12.6. The Kier molecular flexibility index (Phi) is 6.86. The zero-order chi connectivity index (χ0) is 17.7. The minimum atomic E-state index is 0.170. The second-order valence-corrected chi connectivity index (χ2v) is 8.61. The van der Waals surface area contributed by atoms with Crippen molar-refractivity contribution in [3.05, 3.63) is 17.5 Å². The number of thiophene rings is 1. The van der Waals surface area contributed by atoms with Crippen molar-refractivity contribution in [3.8, 4) is 10.7 Å². The molecule has 5 nitrogen and oxygen atoms in total. The van der Waals surface area contributed by atoms with Crippen LogP contribution in [-0.4, -0.2) is 44.4 Å². The van der Waals surface area contributed by atoms with Crippen molar-refractivity contribution in [2.75, 3.05) is 18.8 Å². The molecular weight excluding hydrogens is 340 g/mol. The highest BCUT2D eigenvalue weighted by atomic mass is 32.2. The second kappa shape index (κ2) is 8.67. The summed E-state index contributed by atoms with van der Waals surface area (Å²) in [7, 11) is 1.95. The lowest BCUT2D eigenvalue weighted by molar-refractivity contribution is -0.129. The molecule has 0 unspecified atom stereocenters. The Morgan fingerprint density at radius 3 is 2.46 bits per heavy atom. The molecule has 2 aromatic rings. The van der Waals surface area contributed by atoms with E-state index >= 15 is 0 Å². The molecule has 0 radical (unpaired) electrons. The number of amides is 1. The maximum absolute atomic E-state index is 12.6. The first-order chi connectivity index (χ1) is 11.4. The largest absolute Gasteiger partial charge is 0.341 e. The quantitative estimate of drug-likeness (QED) is 0.667. The summed E-state index contributed by atoms with van der Waals surface area (Å²) in [6.07, 6.45) is 0. The molecule has 0 spiro atoms. The summed E-state index contributed by atoms with van der Waals surface area (Å²) < 4.78 is 1.96. The second-order valence-electron chi connectivity index (χ2n) is 6.72. The minimum Gasteiger partial charge on any atom is -0.341 e. The van der Waals surface area contributed by atoms with Gasteiger partial charge < -0.3 is 9.47 Å². The van der Waals surface area contributed by atoms with E-state index in [1.165, 1.54) is 11.8 Å². The van der Waals surface area contributed by atoms with Crippen LogP contribution in [0.4, 0.5) is 0 Å². The average Bonchev–Trinajstić information content (AvgIpc) is 3.12. The first-order valence-corrected chi connectivity index (χ1v) is 10.1. The van der Waals surface area contributed by atoms with Crippen LogP contribution >= 0.6 is 23.1 Å². The molecule has 1 amide bonds. The van der Waals surface area contributed by atoms with Gasteiger partial charge in [-0.25, -0.2) is 0 Å². The van der Waals surface area contributed by atoms with Crippen molar-refractivity contribution in [1.82, 2.24) is 19.7 Å². The Bertz CT molecular complexity index is 640. The van der Waals surface area contributed by atoms with Gasteiger partial charge in [0, 0.05) is 20.1 Å². The third-order valence-corrected chi connectivity index (χ3v) is 5.30. The predicted octanol–water partition coefficient (Wildman–Crippen LogP) is 3.78. The summed E-state index contributed by atoms with van der Waals surface area (Å²) in [5, 5.41) is 11.3. The lowest BCUT2D eigenvalue weighted by Gasteiger charge is -2.26. The van der Waals surface area contributed by atoms with Gasteiger partial charge in [0.25, 0.3) is 0 Å². The van der Waals surface area contributed by atoms with Gasteiger partial charge in [-0.3, -0.25) is 4.79 Å². The number of hydrogen-bond acceptors (Lipinski definition) is 5. The SMILES string of the molecule is CC(C)CN(CC(C)C)C(=O)CSc1nnc(-c2cccs2)n1C. The van der Waals surface area contributed by atoms with Gasteiger partial charge in [-0.05, 0) is 23.3 Å². The van der Waals surface area contributed by atoms with Gasteiger partial charge in [-0.2, -0.15) is 0 Å². The van der Waals surface area contributed by atoms with Crippen LogP contribution in [0.5, 0.6) is 0 Å². The topological polar surface area (TPSA) is 51.0 Å². The van der Waals surface area contributed by atoms with Crippen LogP contribution in [-0.2, 0) is 11.8 Å². The third kappa shape index (κ3) is 5.08. The van der Waals surface area contributed by atoms with Crippen molar-refractivity contribution >= 4 is 29.0 Å². The van der Waals surface area contributed by atoms with E-state index < -0.39 is 0 Å². The first kappa shape index (κ1) is 19.0. The lowest BCUT2D eigenvalue weighted by Crippen LogP contribution is -2.38. The molecule has 24 heavy (non-hydrogen) atoms. The maximum Gasteiger partial charge on any atom is 0.233 e. The van der Waals surface area contributed by atoms with Gasteiger partial charge in [0.1, 0.15) is 0 Å². The number of nitrogens with zero attached hydrogens (tertiary/aromatic N) is 4. The van der Waals surface area contributed by atoms with Crippen LogP contribution in [0.3, 0.4) is 0 Å². The number of carbonyl (C=O) groups is 1. The summed E-state index contributed by atoms with van der Waals surface area (Å²) in [6, 6.07) is 4.03. The molecule has 0 aliphatic rings. The standard InChI is InChI=1S/C17H26N4OS2/c1-12(2)9-21(10-13(3)4)15(22)11-24-17-19-18-16(20(17)5)14-7-6-8-23-14/h6-8,12-13H,9-11H2,1-5H3. The van der Waals surface area contributed by atoms with Gasteiger partial charge in [-0.15, -0.1) is 21.5 Å². The van der Waals surface area contributed by atoms with Gasteiger partial charge in [0.2, 0.25) is 5.91 Å². The molecular formula is C17H26N4OS2. The van der Waals surface area contributed by atoms with E-state index in [0.29, 0.717) is 17.6 Å². The number of hydrogen-bond donors (Lipinski definition) is 0. The summed E-state index contributed by atoms with van der Waals surface area (Å²) in [5.41, 5.74) is 0. The first-order valence-electron chi connectivity index (χ1n) is 8.22. The summed E-state index contributed by atoms with van der Waals surface area (Å²) in [6.45, 7) is 10.2. The van der Waals surface area contributed by atoms with E-state index in [0.717, 1.165) is 28.9 Å². The van der Waals surface area contributed by atoms with Crippen LogP contribution in [0, 0.1) is 11.8 Å². The zero-order valence-electron chi connectivity index (χ0n) is 15.0. The number of rotatable bonds is 8. The van der Waals surface area contributed by atoms with E-state index in [1.807, 2.05) is 34.0 Å². The van der Waals surface area contributed by atoms with Crippen LogP contribution in [0.25, 0.3) is 10.7 Å². The molecule has 132 valence electrons. The molecule has 2 rings (SSSR count). The molecule has 0 aliphatic heterocycles. The molecule has 2 aromatic heterocycles. The average molecular weight is 367 g/mol. The van der Waals surface area contributed by atoms with E-state index in [9.17, 15) is 4.79 Å². The molecule has 0 fully saturated rings. The minimum absolute atomic E-state index is 0.170. The highest BCUT2D eigenvalue weighted by molar-refractivity contribution is 7.99. The van der Waals surface area contributed by atoms with Crippen molar-refractivity contribution in [2.24, 2.45) is 18.9 Å². The Labute approximate surface area is 152 Å². The van der Waals surface area contributed by atoms with E-state index in [-0.39, 0.29) is 5.91 Å². The van der Waals surface area contributed by atoms with Crippen molar-refractivity contribution in [2.45, 2.75) is 32.9 Å². The molecule has 0 aromatic carbocycles. The van der Waals surface area contributed by atoms with Gasteiger partial charge in [0.05, 0.1) is 10.6 Å². The monoisotopic (exact) mass is 366 g/mol.